The van der Waals surface area contributed by atoms with E-state index >= 15 is 0 Å². The highest BCUT2D eigenvalue weighted by molar-refractivity contribution is 7.80. The first-order valence-electron chi connectivity index (χ1n) is 6.25. The predicted molar refractivity (Wildman–Crippen MR) is 78.6 cm³/mol. The van der Waals surface area contributed by atoms with Gasteiger partial charge in [-0.1, -0.05) is 37.3 Å². The summed E-state index contributed by atoms with van der Waals surface area (Å²) in [5.41, 5.74) is 2.28. The number of imide groups is 1. The summed E-state index contributed by atoms with van der Waals surface area (Å²) in [4.78, 5) is 24.6. The van der Waals surface area contributed by atoms with Gasteiger partial charge < -0.3 is 10.6 Å². The minimum atomic E-state index is -1.05. The summed E-state index contributed by atoms with van der Waals surface area (Å²) in [6, 6.07) is 8.66. The number of urea groups is 1. The minimum Gasteiger partial charge on any atom is -0.364 e. The van der Waals surface area contributed by atoms with Gasteiger partial charge >= 0.3 is 6.03 Å². The Morgan fingerprint density at radius 2 is 2.00 bits per heavy atom. The van der Waals surface area contributed by atoms with Gasteiger partial charge in [0.1, 0.15) is 5.54 Å². The number of nitrogens with zero attached hydrogens (tertiary/aromatic N) is 1. The second-order valence-corrected chi connectivity index (χ2v) is 4.79. The SMILES string of the molecule is CC[C@@]1(c2ccccc2)NC(=O)N(NC(=S)NC)C1=O. The van der Waals surface area contributed by atoms with Crippen molar-refractivity contribution in [3.05, 3.63) is 35.9 Å². The Morgan fingerprint density at radius 1 is 1.35 bits per heavy atom. The molecule has 7 heteroatoms. The van der Waals surface area contributed by atoms with Crippen LogP contribution in [0.3, 0.4) is 0 Å². The summed E-state index contributed by atoms with van der Waals surface area (Å²) >= 11 is 4.93. The molecule has 0 radical (unpaired) electrons. The third-order valence-electron chi connectivity index (χ3n) is 3.33. The lowest BCUT2D eigenvalue weighted by atomic mass is 9.87. The van der Waals surface area contributed by atoms with Gasteiger partial charge in [0, 0.05) is 7.05 Å². The zero-order valence-electron chi connectivity index (χ0n) is 11.3. The molecule has 20 heavy (non-hydrogen) atoms. The van der Waals surface area contributed by atoms with E-state index in [0.717, 1.165) is 10.6 Å². The summed E-state index contributed by atoms with van der Waals surface area (Å²) < 4.78 is 0. The molecule has 1 heterocycles. The highest BCUT2D eigenvalue weighted by atomic mass is 32.1. The van der Waals surface area contributed by atoms with Gasteiger partial charge in [0.25, 0.3) is 5.91 Å². The molecular formula is C13H16N4O2S. The molecule has 1 aromatic rings. The third kappa shape index (κ3) is 2.20. The van der Waals surface area contributed by atoms with Gasteiger partial charge in [0.05, 0.1) is 0 Å². The zero-order valence-corrected chi connectivity index (χ0v) is 12.1. The van der Waals surface area contributed by atoms with Crippen LogP contribution < -0.4 is 16.1 Å². The molecular weight excluding hydrogens is 276 g/mol. The monoisotopic (exact) mass is 292 g/mol. The van der Waals surface area contributed by atoms with E-state index in [-0.39, 0.29) is 11.0 Å². The Labute approximate surface area is 122 Å². The van der Waals surface area contributed by atoms with Crippen molar-refractivity contribution in [3.63, 3.8) is 0 Å². The average Bonchev–Trinajstić information content (AvgIpc) is 2.73. The number of hydrogen-bond donors (Lipinski definition) is 3. The van der Waals surface area contributed by atoms with Crippen LogP contribution >= 0.6 is 12.2 Å². The lowest BCUT2D eigenvalue weighted by Crippen LogP contribution is -2.50. The predicted octanol–water partition coefficient (Wildman–Crippen LogP) is 0.853. The van der Waals surface area contributed by atoms with Crippen LogP contribution in [0.5, 0.6) is 0 Å². The maximum Gasteiger partial charge on any atom is 0.344 e. The molecule has 0 saturated carbocycles. The van der Waals surface area contributed by atoms with Crippen molar-refractivity contribution in [3.8, 4) is 0 Å². The smallest absolute Gasteiger partial charge is 0.344 e. The fourth-order valence-electron chi connectivity index (χ4n) is 2.20. The molecule has 0 spiro atoms. The lowest BCUT2D eigenvalue weighted by Gasteiger charge is -2.25. The Morgan fingerprint density at radius 3 is 2.55 bits per heavy atom. The molecule has 2 rings (SSSR count). The first kappa shape index (κ1) is 14.3. The summed E-state index contributed by atoms with van der Waals surface area (Å²) in [7, 11) is 1.61. The molecule has 3 N–H and O–H groups in total. The average molecular weight is 292 g/mol. The van der Waals surface area contributed by atoms with Crippen molar-refractivity contribution in [2.75, 3.05) is 7.05 Å². The minimum absolute atomic E-state index is 0.202. The number of hydrogen-bond acceptors (Lipinski definition) is 3. The quantitative estimate of drug-likeness (QED) is 0.569. The van der Waals surface area contributed by atoms with Gasteiger partial charge in [0.2, 0.25) is 0 Å². The fourth-order valence-corrected chi connectivity index (χ4v) is 2.29. The Kier molecular flexibility index (Phi) is 3.89. The first-order valence-corrected chi connectivity index (χ1v) is 6.66. The summed E-state index contributed by atoms with van der Waals surface area (Å²) in [5, 5.41) is 6.53. The van der Waals surface area contributed by atoms with Crippen LogP contribution in [0.4, 0.5) is 4.79 Å². The third-order valence-corrected chi connectivity index (χ3v) is 3.62. The van der Waals surface area contributed by atoms with Gasteiger partial charge in [-0.3, -0.25) is 10.2 Å². The fraction of sp³-hybridized carbons (Fsp3) is 0.308. The molecule has 1 aromatic carbocycles. The van der Waals surface area contributed by atoms with Crippen LogP contribution in [-0.4, -0.2) is 29.1 Å². The Hall–Kier alpha value is -2.15. The van der Waals surface area contributed by atoms with Gasteiger partial charge in [-0.05, 0) is 24.2 Å². The van der Waals surface area contributed by atoms with Crippen molar-refractivity contribution >= 4 is 29.3 Å². The van der Waals surface area contributed by atoms with E-state index in [0.29, 0.717) is 6.42 Å². The molecule has 106 valence electrons. The van der Waals surface area contributed by atoms with Gasteiger partial charge in [-0.15, -0.1) is 0 Å². The summed E-state index contributed by atoms with van der Waals surface area (Å²) in [5.74, 6) is -0.367. The van der Waals surface area contributed by atoms with Crippen LogP contribution in [0.1, 0.15) is 18.9 Å². The molecule has 0 unspecified atom stereocenters. The van der Waals surface area contributed by atoms with Crippen molar-refractivity contribution in [2.45, 2.75) is 18.9 Å². The van der Waals surface area contributed by atoms with E-state index in [4.69, 9.17) is 12.2 Å². The number of hydrazine groups is 1. The molecule has 0 bridgehead atoms. The first-order chi connectivity index (χ1) is 9.55. The van der Waals surface area contributed by atoms with Crippen LogP contribution in [0.15, 0.2) is 30.3 Å². The van der Waals surface area contributed by atoms with Crippen molar-refractivity contribution in [1.82, 2.24) is 21.1 Å². The van der Waals surface area contributed by atoms with Gasteiger partial charge in [-0.25, -0.2) is 4.79 Å². The van der Waals surface area contributed by atoms with Crippen molar-refractivity contribution in [2.24, 2.45) is 0 Å². The van der Waals surface area contributed by atoms with E-state index < -0.39 is 11.6 Å². The van der Waals surface area contributed by atoms with Crippen LogP contribution in [0.25, 0.3) is 0 Å². The number of amides is 3. The molecule has 3 amide bonds. The Balaban J connectivity index is 2.36. The Bertz CT molecular complexity index is 549. The van der Waals surface area contributed by atoms with Crippen molar-refractivity contribution < 1.29 is 9.59 Å². The standard InChI is InChI=1S/C13H16N4O2S/c1-3-13(9-7-5-4-6-8-9)10(18)17(12(19)15-13)16-11(20)14-2/h4-8H,3H2,1-2H3,(H,15,19)(H2,14,16,20)/t13-/m0/s1. The molecule has 0 aromatic heterocycles. The second kappa shape index (κ2) is 5.46. The van der Waals surface area contributed by atoms with E-state index in [9.17, 15) is 9.59 Å². The summed E-state index contributed by atoms with van der Waals surface area (Å²) in [6.45, 7) is 1.85. The van der Waals surface area contributed by atoms with Crippen molar-refractivity contribution in [1.29, 1.82) is 0 Å². The van der Waals surface area contributed by atoms with E-state index in [2.05, 4.69) is 16.1 Å². The molecule has 6 nitrogen and oxygen atoms in total. The van der Waals surface area contributed by atoms with Crippen LogP contribution in [0.2, 0.25) is 0 Å². The highest BCUT2D eigenvalue weighted by Crippen LogP contribution is 2.31. The molecule has 1 fully saturated rings. The highest BCUT2D eigenvalue weighted by Gasteiger charge is 2.51. The second-order valence-electron chi connectivity index (χ2n) is 4.39. The zero-order chi connectivity index (χ0) is 14.8. The van der Waals surface area contributed by atoms with E-state index in [1.807, 2.05) is 37.3 Å². The maximum atomic E-state index is 12.6. The molecule has 1 saturated heterocycles. The van der Waals surface area contributed by atoms with E-state index in [1.54, 1.807) is 7.05 Å². The lowest BCUT2D eigenvalue weighted by molar-refractivity contribution is -0.133. The maximum absolute atomic E-state index is 12.6. The number of benzene rings is 1. The largest absolute Gasteiger partial charge is 0.364 e. The molecule has 1 atom stereocenters. The number of rotatable bonds is 3. The number of nitrogens with one attached hydrogen (secondary N) is 3. The molecule has 0 aliphatic carbocycles. The van der Waals surface area contributed by atoms with Gasteiger partial charge in [-0.2, -0.15) is 5.01 Å². The topological polar surface area (TPSA) is 73.5 Å². The van der Waals surface area contributed by atoms with E-state index in [1.165, 1.54) is 0 Å². The van der Waals surface area contributed by atoms with Crippen LogP contribution in [-0.2, 0) is 10.3 Å². The number of carbonyl (C=O) groups is 2. The normalized spacial score (nSPS) is 21.6. The summed E-state index contributed by atoms with van der Waals surface area (Å²) in [6.07, 6.45) is 0.450. The molecule has 1 aliphatic heterocycles. The van der Waals surface area contributed by atoms with Crippen LogP contribution in [0, 0.1) is 0 Å². The number of carbonyl (C=O) groups excluding carboxylic acids is 2. The van der Waals surface area contributed by atoms with Gasteiger partial charge in [0.15, 0.2) is 5.11 Å². The number of thiocarbonyl (C=S) groups is 1. The molecule has 1 aliphatic rings.